The Morgan fingerprint density at radius 2 is 2.08 bits per heavy atom. The number of carbonyl (C=O) groups is 1. The molecule has 2 aromatic rings. The summed E-state index contributed by atoms with van der Waals surface area (Å²) in [7, 11) is -3.10. The highest BCUT2D eigenvalue weighted by Crippen LogP contribution is 2.23. The van der Waals surface area contributed by atoms with Gasteiger partial charge in [-0.15, -0.1) is 0 Å². The summed E-state index contributed by atoms with van der Waals surface area (Å²) >= 11 is 0. The molecule has 2 heterocycles. The second-order valence-electron chi connectivity index (χ2n) is 6.66. The Balaban J connectivity index is 1.75. The molecule has 7 heteroatoms. The van der Waals surface area contributed by atoms with Crippen LogP contribution in [0.5, 0.6) is 0 Å². The predicted molar refractivity (Wildman–Crippen MR) is 92.6 cm³/mol. The number of hydrogen-bond donors (Lipinski definition) is 1. The number of halogens is 1. The number of sulfone groups is 1. The summed E-state index contributed by atoms with van der Waals surface area (Å²) in [5, 5.41) is 2.81. The van der Waals surface area contributed by atoms with Crippen LogP contribution < -0.4 is 5.32 Å². The van der Waals surface area contributed by atoms with Gasteiger partial charge in [0, 0.05) is 23.9 Å². The highest BCUT2D eigenvalue weighted by Gasteiger charge is 2.39. The van der Waals surface area contributed by atoms with Gasteiger partial charge in [0.2, 0.25) is 0 Å². The molecule has 1 amide bonds. The average molecular weight is 362 g/mol. The van der Waals surface area contributed by atoms with E-state index in [4.69, 9.17) is 0 Å². The maximum absolute atomic E-state index is 13.8. The van der Waals surface area contributed by atoms with Gasteiger partial charge in [0.25, 0.3) is 5.91 Å². The van der Waals surface area contributed by atoms with Crippen molar-refractivity contribution in [3.63, 3.8) is 0 Å². The summed E-state index contributed by atoms with van der Waals surface area (Å²) in [6, 6.07) is 9.59. The smallest absolute Gasteiger partial charge is 0.251 e. The number of nitrogens with zero attached hydrogens (tertiary/aromatic N) is 1. The van der Waals surface area contributed by atoms with Crippen molar-refractivity contribution in [2.45, 2.75) is 25.3 Å². The van der Waals surface area contributed by atoms with E-state index in [1.165, 1.54) is 12.3 Å². The van der Waals surface area contributed by atoms with Gasteiger partial charge in [0.05, 0.1) is 17.0 Å². The number of amides is 1. The van der Waals surface area contributed by atoms with Crippen LogP contribution in [0.15, 0.2) is 42.6 Å². The molecule has 1 atom stereocenters. The van der Waals surface area contributed by atoms with Crippen LogP contribution in [0.4, 0.5) is 4.39 Å². The second-order valence-corrected chi connectivity index (χ2v) is 8.84. The Labute approximate surface area is 146 Å². The molecule has 0 spiro atoms. The Morgan fingerprint density at radius 1 is 1.32 bits per heavy atom. The van der Waals surface area contributed by atoms with Crippen LogP contribution in [0.3, 0.4) is 0 Å². The molecule has 5 nitrogen and oxygen atoms in total. The molecular formula is C18H19FN2O3S. The Bertz CT molecular complexity index is 914. The summed E-state index contributed by atoms with van der Waals surface area (Å²) in [5.41, 5.74) is 0.695. The lowest BCUT2D eigenvalue weighted by Gasteiger charge is -2.24. The lowest BCUT2D eigenvalue weighted by atomic mass is 10.0. The molecule has 0 unspecified atom stereocenters. The van der Waals surface area contributed by atoms with Crippen molar-refractivity contribution in [3.8, 4) is 0 Å². The first-order valence-corrected chi connectivity index (χ1v) is 9.80. The summed E-state index contributed by atoms with van der Waals surface area (Å²) < 4.78 is 37.1. The standard InChI is InChI=1S/C18H19FN2O3S/c1-18(7-9-25(23,24)12-18)21-17(22)14-6-8-20-15(11-14)10-13-4-2-3-5-16(13)19/h2-6,8,11H,7,9-10,12H2,1H3,(H,21,22)/t18-/m1/s1. The molecule has 1 aromatic heterocycles. The van der Waals surface area contributed by atoms with Gasteiger partial charge in [-0.05, 0) is 37.1 Å². The van der Waals surface area contributed by atoms with Crippen LogP contribution in [0.2, 0.25) is 0 Å². The number of nitrogens with one attached hydrogen (secondary N) is 1. The molecule has 0 saturated carbocycles. The number of pyridine rings is 1. The lowest BCUT2D eigenvalue weighted by molar-refractivity contribution is 0.0915. The highest BCUT2D eigenvalue weighted by atomic mass is 32.2. The number of aromatic nitrogens is 1. The fourth-order valence-corrected chi connectivity index (χ4v) is 5.10. The summed E-state index contributed by atoms with van der Waals surface area (Å²) in [4.78, 5) is 16.7. The zero-order valence-corrected chi connectivity index (χ0v) is 14.6. The van der Waals surface area contributed by atoms with Crippen molar-refractivity contribution in [2.75, 3.05) is 11.5 Å². The molecule has 0 bridgehead atoms. The monoisotopic (exact) mass is 362 g/mol. The van der Waals surface area contributed by atoms with E-state index in [1.54, 1.807) is 37.3 Å². The molecule has 1 aromatic carbocycles. The van der Waals surface area contributed by atoms with Gasteiger partial charge in [-0.2, -0.15) is 0 Å². The molecular weight excluding hydrogens is 343 g/mol. The minimum absolute atomic E-state index is 0.0566. The molecule has 1 aliphatic heterocycles. The largest absolute Gasteiger partial charge is 0.346 e. The van der Waals surface area contributed by atoms with Crippen molar-refractivity contribution >= 4 is 15.7 Å². The second kappa shape index (κ2) is 6.55. The van der Waals surface area contributed by atoms with Crippen LogP contribution in [0, 0.1) is 5.82 Å². The minimum Gasteiger partial charge on any atom is -0.346 e. The maximum atomic E-state index is 13.8. The highest BCUT2D eigenvalue weighted by molar-refractivity contribution is 7.91. The van der Waals surface area contributed by atoms with E-state index in [1.807, 2.05) is 0 Å². The van der Waals surface area contributed by atoms with E-state index in [2.05, 4.69) is 10.3 Å². The molecule has 3 rings (SSSR count). The van der Waals surface area contributed by atoms with Crippen LogP contribution in [0.25, 0.3) is 0 Å². The van der Waals surface area contributed by atoms with E-state index in [9.17, 15) is 17.6 Å². The lowest BCUT2D eigenvalue weighted by Crippen LogP contribution is -2.46. The van der Waals surface area contributed by atoms with Crippen LogP contribution in [0.1, 0.15) is 35.0 Å². The van der Waals surface area contributed by atoms with Gasteiger partial charge in [-0.25, -0.2) is 12.8 Å². The van der Waals surface area contributed by atoms with E-state index in [0.717, 1.165) is 0 Å². The van der Waals surface area contributed by atoms with Crippen molar-refractivity contribution in [2.24, 2.45) is 0 Å². The first-order valence-electron chi connectivity index (χ1n) is 7.98. The number of rotatable bonds is 4. The summed E-state index contributed by atoms with van der Waals surface area (Å²) in [6.07, 6.45) is 2.17. The zero-order valence-electron chi connectivity index (χ0n) is 13.8. The third-order valence-corrected chi connectivity index (χ3v) is 6.23. The van der Waals surface area contributed by atoms with Crippen LogP contribution in [-0.4, -0.2) is 36.4 Å². The fourth-order valence-electron chi connectivity index (χ4n) is 3.01. The van der Waals surface area contributed by atoms with Crippen LogP contribution >= 0.6 is 0 Å². The molecule has 132 valence electrons. The maximum Gasteiger partial charge on any atom is 0.251 e. The summed E-state index contributed by atoms with van der Waals surface area (Å²) in [5.74, 6) is -0.642. The van der Waals surface area contributed by atoms with Gasteiger partial charge < -0.3 is 5.32 Å². The van der Waals surface area contributed by atoms with Crippen molar-refractivity contribution in [1.82, 2.24) is 10.3 Å². The van der Waals surface area contributed by atoms with Crippen molar-refractivity contribution in [1.29, 1.82) is 0 Å². The van der Waals surface area contributed by atoms with Gasteiger partial charge in [-0.1, -0.05) is 18.2 Å². The first-order chi connectivity index (χ1) is 11.8. The van der Waals surface area contributed by atoms with Gasteiger partial charge in [0.15, 0.2) is 9.84 Å². The Morgan fingerprint density at radius 3 is 2.76 bits per heavy atom. The van der Waals surface area contributed by atoms with E-state index in [-0.39, 0.29) is 29.7 Å². The molecule has 1 aliphatic rings. The predicted octanol–water partition coefficient (Wildman–Crippen LogP) is 2.12. The molecule has 1 fully saturated rings. The van der Waals surface area contributed by atoms with Crippen molar-refractivity contribution < 1.29 is 17.6 Å². The summed E-state index contributed by atoms with van der Waals surface area (Å²) in [6.45, 7) is 1.73. The number of hydrogen-bond acceptors (Lipinski definition) is 4. The van der Waals surface area contributed by atoms with E-state index >= 15 is 0 Å². The topological polar surface area (TPSA) is 76.1 Å². The molecule has 1 N–H and O–H groups in total. The fraction of sp³-hybridized carbons (Fsp3) is 0.333. The normalized spacial score (nSPS) is 21.8. The van der Waals surface area contributed by atoms with Gasteiger partial charge >= 0.3 is 0 Å². The van der Waals surface area contributed by atoms with Crippen molar-refractivity contribution in [3.05, 3.63) is 65.2 Å². The van der Waals surface area contributed by atoms with Gasteiger partial charge in [-0.3, -0.25) is 9.78 Å². The molecule has 25 heavy (non-hydrogen) atoms. The minimum atomic E-state index is -3.10. The SMILES string of the molecule is C[C@@]1(NC(=O)c2ccnc(Cc3ccccc3F)c2)CCS(=O)(=O)C1. The molecule has 0 aliphatic carbocycles. The zero-order chi connectivity index (χ0) is 18.1. The van der Waals surface area contributed by atoms with E-state index < -0.39 is 15.4 Å². The average Bonchev–Trinajstić information content (AvgIpc) is 2.83. The first kappa shape index (κ1) is 17.5. The Kier molecular flexibility index (Phi) is 4.60. The van der Waals surface area contributed by atoms with Crippen LogP contribution in [-0.2, 0) is 16.3 Å². The Hall–Kier alpha value is -2.28. The third kappa shape index (κ3) is 4.22. The van der Waals surface area contributed by atoms with Gasteiger partial charge in [0.1, 0.15) is 5.82 Å². The van der Waals surface area contributed by atoms with E-state index in [0.29, 0.717) is 23.2 Å². The number of carbonyl (C=O) groups excluding carboxylic acids is 1. The molecule has 0 radical (unpaired) electrons. The molecule has 1 saturated heterocycles. The quantitative estimate of drug-likeness (QED) is 0.904. The third-order valence-electron chi connectivity index (χ3n) is 4.33. The number of benzene rings is 1.